The van der Waals surface area contributed by atoms with Crippen molar-refractivity contribution in [3.8, 4) is 6.07 Å². The molecule has 3 nitrogen and oxygen atoms in total. The number of aliphatic hydroxyl groups is 1. The molecule has 0 saturated heterocycles. The minimum absolute atomic E-state index is 0.218. The normalized spacial score (nSPS) is 9.71. The fourth-order valence-electron chi connectivity index (χ4n) is 1.32. The molecule has 3 N–H and O–H groups in total. The number of benzene rings is 1. The van der Waals surface area contributed by atoms with Crippen molar-refractivity contribution in [3.05, 3.63) is 29.3 Å². The Labute approximate surface area is 83.8 Å². The van der Waals surface area contributed by atoms with Gasteiger partial charge in [-0.1, -0.05) is 6.07 Å². The highest BCUT2D eigenvalue weighted by Gasteiger charge is 2.00. The van der Waals surface area contributed by atoms with Crippen LogP contribution in [0.3, 0.4) is 0 Å². The first-order valence-corrected chi connectivity index (χ1v) is 4.67. The molecule has 0 saturated carbocycles. The van der Waals surface area contributed by atoms with Gasteiger partial charge in [-0.05, 0) is 37.0 Å². The molecule has 0 aliphatic carbocycles. The van der Waals surface area contributed by atoms with Crippen LogP contribution < -0.4 is 5.73 Å². The van der Waals surface area contributed by atoms with Crippen molar-refractivity contribution in [1.82, 2.24) is 0 Å². The van der Waals surface area contributed by atoms with Crippen LogP contribution in [0.15, 0.2) is 18.2 Å². The first-order valence-electron chi connectivity index (χ1n) is 4.67. The number of aliphatic hydroxyl groups excluding tert-OH is 1. The summed E-state index contributed by atoms with van der Waals surface area (Å²) in [5.41, 5.74) is 8.08. The maximum Gasteiger partial charge on any atom is 0.0992 e. The summed E-state index contributed by atoms with van der Waals surface area (Å²) in [5.74, 6) is 0. The molecule has 3 heteroatoms. The monoisotopic (exact) mass is 190 g/mol. The number of nitriles is 1. The Hall–Kier alpha value is -1.53. The molecular formula is C11H14N2O. The van der Waals surface area contributed by atoms with Gasteiger partial charge < -0.3 is 10.8 Å². The molecule has 0 heterocycles. The first-order chi connectivity index (χ1) is 6.77. The third-order valence-corrected chi connectivity index (χ3v) is 2.13. The lowest BCUT2D eigenvalue weighted by atomic mass is 10.0. The number of rotatable bonds is 4. The molecule has 0 aromatic heterocycles. The summed E-state index contributed by atoms with van der Waals surface area (Å²) >= 11 is 0. The van der Waals surface area contributed by atoms with Crippen LogP contribution in [-0.4, -0.2) is 11.7 Å². The molecule has 0 spiro atoms. The Morgan fingerprint density at radius 3 is 2.71 bits per heavy atom. The molecule has 14 heavy (non-hydrogen) atoms. The van der Waals surface area contributed by atoms with E-state index in [9.17, 15) is 0 Å². The average molecular weight is 190 g/mol. The largest absolute Gasteiger partial charge is 0.398 e. The molecule has 0 atom stereocenters. The highest BCUT2D eigenvalue weighted by Crippen LogP contribution is 2.16. The standard InChI is InChI=1S/C11H14N2O/c12-8-9-4-5-10(11(13)7-9)3-1-2-6-14/h4-5,7,14H,1-3,6,13H2. The SMILES string of the molecule is N#Cc1ccc(CCCCO)c(N)c1. The number of anilines is 1. The Balaban J connectivity index is 2.65. The van der Waals surface area contributed by atoms with E-state index in [0.717, 1.165) is 24.8 Å². The van der Waals surface area contributed by atoms with E-state index in [-0.39, 0.29) is 6.61 Å². The van der Waals surface area contributed by atoms with Gasteiger partial charge in [-0.2, -0.15) is 5.26 Å². The minimum Gasteiger partial charge on any atom is -0.398 e. The molecule has 0 aliphatic rings. The van der Waals surface area contributed by atoms with Gasteiger partial charge in [-0.25, -0.2) is 0 Å². The summed E-state index contributed by atoms with van der Waals surface area (Å²) in [4.78, 5) is 0. The van der Waals surface area contributed by atoms with Gasteiger partial charge in [-0.3, -0.25) is 0 Å². The number of unbranched alkanes of at least 4 members (excludes halogenated alkanes) is 1. The number of nitrogens with two attached hydrogens (primary N) is 1. The Morgan fingerprint density at radius 2 is 2.14 bits per heavy atom. The molecule has 0 aliphatic heterocycles. The molecule has 1 rings (SSSR count). The second kappa shape index (κ2) is 5.25. The third kappa shape index (κ3) is 2.75. The molecule has 1 aromatic rings. The molecule has 0 bridgehead atoms. The van der Waals surface area contributed by atoms with Crippen LogP contribution in [-0.2, 0) is 6.42 Å². The van der Waals surface area contributed by atoms with Crippen LogP contribution in [0.5, 0.6) is 0 Å². The van der Waals surface area contributed by atoms with Crippen molar-refractivity contribution in [3.63, 3.8) is 0 Å². The Bertz CT molecular complexity index is 342. The zero-order chi connectivity index (χ0) is 10.4. The van der Waals surface area contributed by atoms with Crippen molar-refractivity contribution >= 4 is 5.69 Å². The number of aryl methyl sites for hydroxylation is 1. The summed E-state index contributed by atoms with van der Waals surface area (Å²) in [6, 6.07) is 7.38. The number of hydrogen-bond acceptors (Lipinski definition) is 3. The van der Waals surface area contributed by atoms with Gasteiger partial charge in [0.05, 0.1) is 11.6 Å². The van der Waals surface area contributed by atoms with Crippen molar-refractivity contribution in [1.29, 1.82) is 5.26 Å². The lowest BCUT2D eigenvalue weighted by Crippen LogP contribution is -1.96. The van der Waals surface area contributed by atoms with E-state index < -0.39 is 0 Å². The highest BCUT2D eigenvalue weighted by atomic mass is 16.2. The van der Waals surface area contributed by atoms with E-state index >= 15 is 0 Å². The van der Waals surface area contributed by atoms with E-state index in [1.54, 1.807) is 12.1 Å². The van der Waals surface area contributed by atoms with Gasteiger partial charge in [0, 0.05) is 12.3 Å². The van der Waals surface area contributed by atoms with Gasteiger partial charge >= 0.3 is 0 Å². The maximum absolute atomic E-state index is 8.63. The van der Waals surface area contributed by atoms with E-state index in [1.807, 2.05) is 12.1 Å². The Kier molecular flexibility index (Phi) is 3.96. The second-order valence-corrected chi connectivity index (χ2v) is 3.21. The summed E-state index contributed by atoms with van der Waals surface area (Å²) in [5, 5.41) is 17.2. The quantitative estimate of drug-likeness (QED) is 0.557. The Morgan fingerprint density at radius 1 is 1.36 bits per heavy atom. The van der Waals surface area contributed by atoms with E-state index in [4.69, 9.17) is 16.1 Å². The fourth-order valence-corrected chi connectivity index (χ4v) is 1.32. The van der Waals surface area contributed by atoms with Gasteiger partial charge in [0.2, 0.25) is 0 Å². The summed E-state index contributed by atoms with van der Waals surface area (Å²) in [6.07, 6.45) is 2.57. The summed E-state index contributed by atoms with van der Waals surface area (Å²) in [6.45, 7) is 0.218. The van der Waals surface area contributed by atoms with Gasteiger partial charge in [0.25, 0.3) is 0 Å². The van der Waals surface area contributed by atoms with Crippen molar-refractivity contribution < 1.29 is 5.11 Å². The van der Waals surface area contributed by atoms with Crippen molar-refractivity contribution in [2.45, 2.75) is 19.3 Å². The number of nitrogen functional groups attached to an aromatic ring is 1. The lowest BCUT2D eigenvalue weighted by molar-refractivity contribution is 0.284. The molecule has 0 radical (unpaired) electrons. The van der Waals surface area contributed by atoms with E-state index in [1.165, 1.54) is 0 Å². The molecule has 0 amide bonds. The van der Waals surface area contributed by atoms with Crippen LogP contribution in [0.25, 0.3) is 0 Å². The summed E-state index contributed by atoms with van der Waals surface area (Å²) < 4.78 is 0. The topological polar surface area (TPSA) is 70.0 Å². The van der Waals surface area contributed by atoms with E-state index in [0.29, 0.717) is 11.3 Å². The van der Waals surface area contributed by atoms with Crippen LogP contribution in [0.4, 0.5) is 5.69 Å². The smallest absolute Gasteiger partial charge is 0.0992 e. The average Bonchev–Trinajstić information content (AvgIpc) is 2.20. The minimum atomic E-state index is 0.218. The highest BCUT2D eigenvalue weighted by molar-refractivity contribution is 5.52. The lowest BCUT2D eigenvalue weighted by Gasteiger charge is -2.04. The maximum atomic E-state index is 8.63. The predicted molar refractivity (Wildman–Crippen MR) is 55.6 cm³/mol. The van der Waals surface area contributed by atoms with Crippen LogP contribution >= 0.6 is 0 Å². The van der Waals surface area contributed by atoms with Gasteiger partial charge in [-0.15, -0.1) is 0 Å². The van der Waals surface area contributed by atoms with Crippen LogP contribution in [0.1, 0.15) is 24.0 Å². The zero-order valence-corrected chi connectivity index (χ0v) is 8.03. The first kappa shape index (κ1) is 10.6. The molecule has 0 unspecified atom stereocenters. The number of hydrogen-bond donors (Lipinski definition) is 2. The van der Waals surface area contributed by atoms with E-state index in [2.05, 4.69) is 0 Å². The molecule has 1 aromatic carbocycles. The van der Waals surface area contributed by atoms with Crippen LogP contribution in [0, 0.1) is 11.3 Å². The van der Waals surface area contributed by atoms with Crippen LogP contribution in [0.2, 0.25) is 0 Å². The van der Waals surface area contributed by atoms with Crippen molar-refractivity contribution in [2.75, 3.05) is 12.3 Å². The third-order valence-electron chi connectivity index (χ3n) is 2.13. The molecular weight excluding hydrogens is 176 g/mol. The predicted octanol–water partition coefficient (Wildman–Crippen LogP) is 1.46. The van der Waals surface area contributed by atoms with Crippen molar-refractivity contribution in [2.24, 2.45) is 0 Å². The zero-order valence-electron chi connectivity index (χ0n) is 8.03. The number of nitrogens with zero attached hydrogens (tertiary/aromatic N) is 1. The second-order valence-electron chi connectivity index (χ2n) is 3.21. The van der Waals surface area contributed by atoms with Gasteiger partial charge in [0.1, 0.15) is 0 Å². The fraction of sp³-hybridized carbons (Fsp3) is 0.364. The van der Waals surface area contributed by atoms with Gasteiger partial charge in [0.15, 0.2) is 0 Å². The summed E-state index contributed by atoms with van der Waals surface area (Å²) in [7, 11) is 0. The molecule has 74 valence electrons. The molecule has 0 fully saturated rings.